The predicted molar refractivity (Wildman–Crippen MR) is 109 cm³/mol. The smallest absolute Gasteiger partial charge is 0.341 e. The largest absolute Gasteiger partial charge is 0.462 e. The van der Waals surface area contributed by atoms with E-state index in [9.17, 15) is 14.4 Å². The highest BCUT2D eigenvalue weighted by atomic mass is 32.1. The van der Waals surface area contributed by atoms with Gasteiger partial charge in [0.2, 0.25) is 5.91 Å². The quantitative estimate of drug-likeness (QED) is 0.794. The van der Waals surface area contributed by atoms with Crippen LogP contribution in [-0.4, -0.2) is 35.8 Å². The van der Waals surface area contributed by atoms with Crippen LogP contribution in [0.25, 0.3) is 0 Å². The Morgan fingerprint density at radius 2 is 1.96 bits per heavy atom. The van der Waals surface area contributed by atoms with Gasteiger partial charge in [-0.15, -0.1) is 11.3 Å². The molecule has 1 aliphatic rings. The van der Waals surface area contributed by atoms with E-state index in [0.29, 0.717) is 35.6 Å². The van der Waals surface area contributed by atoms with Crippen molar-refractivity contribution in [2.45, 2.75) is 40.7 Å². The van der Waals surface area contributed by atoms with Gasteiger partial charge in [-0.25, -0.2) is 4.79 Å². The number of nitrogens with one attached hydrogen (secondary N) is 1. The molecule has 0 saturated heterocycles. The standard InChI is InChI=1S/C21H24N2O4S/c1-5-27-21(26)18-16-8-9-23(14(4)24)11-17(16)28-20(18)22-19(25)15-7-6-12(2)13(3)10-15/h6-7,10H,5,8-9,11H2,1-4H3,(H,22,25). The third-order valence-corrected chi connectivity index (χ3v) is 6.11. The van der Waals surface area contributed by atoms with Crippen molar-refractivity contribution >= 4 is 34.1 Å². The minimum Gasteiger partial charge on any atom is -0.462 e. The van der Waals surface area contributed by atoms with Gasteiger partial charge in [-0.2, -0.15) is 0 Å². The molecule has 1 aromatic heterocycles. The number of aryl methyl sites for hydroxylation is 2. The van der Waals surface area contributed by atoms with Crippen molar-refractivity contribution in [2.75, 3.05) is 18.5 Å². The molecule has 7 heteroatoms. The zero-order valence-electron chi connectivity index (χ0n) is 16.5. The second-order valence-corrected chi connectivity index (χ2v) is 7.98. The first kappa shape index (κ1) is 20.1. The number of hydrogen-bond acceptors (Lipinski definition) is 5. The molecule has 0 unspecified atom stereocenters. The zero-order valence-corrected chi connectivity index (χ0v) is 17.4. The van der Waals surface area contributed by atoms with Crippen LogP contribution in [0, 0.1) is 13.8 Å². The molecule has 6 nitrogen and oxygen atoms in total. The summed E-state index contributed by atoms with van der Waals surface area (Å²) in [6, 6.07) is 5.51. The second-order valence-electron chi connectivity index (χ2n) is 6.87. The fourth-order valence-corrected chi connectivity index (χ4v) is 4.48. The monoisotopic (exact) mass is 400 g/mol. The third kappa shape index (κ3) is 3.94. The highest BCUT2D eigenvalue weighted by molar-refractivity contribution is 7.17. The molecule has 0 radical (unpaired) electrons. The fraction of sp³-hybridized carbons (Fsp3) is 0.381. The van der Waals surface area contributed by atoms with Crippen molar-refractivity contribution in [3.05, 3.63) is 50.9 Å². The summed E-state index contributed by atoms with van der Waals surface area (Å²) in [5.74, 6) is -0.709. The molecule has 0 aliphatic carbocycles. The Bertz CT molecular complexity index is 948. The van der Waals surface area contributed by atoms with Gasteiger partial charge in [0.05, 0.1) is 18.7 Å². The van der Waals surface area contributed by atoms with E-state index in [4.69, 9.17) is 4.74 Å². The zero-order chi connectivity index (χ0) is 20.4. The molecule has 148 valence electrons. The van der Waals surface area contributed by atoms with E-state index >= 15 is 0 Å². The normalized spacial score (nSPS) is 13.1. The summed E-state index contributed by atoms with van der Waals surface area (Å²) in [5.41, 5.74) is 3.97. The summed E-state index contributed by atoms with van der Waals surface area (Å²) in [6.07, 6.45) is 0.569. The number of benzene rings is 1. The molecule has 0 saturated carbocycles. The molecule has 0 atom stereocenters. The molecule has 2 heterocycles. The van der Waals surface area contributed by atoms with Crippen LogP contribution in [0.1, 0.15) is 56.1 Å². The number of amides is 2. The van der Waals surface area contributed by atoms with Gasteiger partial charge in [0.25, 0.3) is 5.91 Å². The number of rotatable bonds is 4. The molecule has 1 aliphatic heterocycles. The van der Waals surface area contributed by atoms with Gasteiger partial charge in [-0.1, -0.05) is 6.07 Å². The highest BCUT2D eigenvalue weighted by Gasteiger charge is 2.30. The summed E-state index contributed by atoms with van der Waals surface area (Å²) in [4.78, 5) is 39.7. The lowest BCUT2D eigenvalue weighted by Gasteiger charge is -2.25. The third-order valence-electron chi connectivity index (χ3n) is 4.98. The minimum absolute atomic E-state index is 0.00236. The molecule has 0 fully saturated rings. The molecular weight excluding hydrogens is 376 g/mol. The van der Waals surface area contributed by atoms with Crippen LogP contribution in [0.3, 0.4) is 0 Å². The number of esters is 1. The van der Waals surface area contributed by atoms with Crippen molar-refractivity contribution in [1.82, 2.24) is 4.90 Å². The summed E-state index contributed by atoms with van der Waals surface area (Å²) >= 11 is 1.34. The minimum atomic E-state index is -0.438. The number of anilines is 1. The van der Waals surface area contributed by atoms with E-state index in [0.717, 1.165) is 21.6 Å². The number of nitrogens with zero attached hydrogens (tertiary/aromatic N) is 1. The van der Waals surface area contributed by atoms with Gasteiger partial charge in [-0.3, -0.25) is 9.59 Å². The maximum absolute atomic E-state index is 12.8. The summed E-state index contributed by atoms with van der Waals surface area (Å²) < 4.78 is 5.23. The molecule has 0 spiro atoms. The Morgan fingerprint density at radius 3 is 2.61 bits per heavy atom. The second kappa shape index (κ2) is 8.14. The van der Waals surface area contributed by atoms with Gasteiger partial charge >= 0.3 is 5.97 Å². The van der Waals surface area contributed by atoms with E-state index in [2.05, 4.69) is 5.32 Å². The van der Waals surface area contributed by atoms with Crippen LogP contribution in [-0.2, 0) is 22.5 Å². The Kier molecular flexibility index (Phi) is 5.84. The average molecular weight is 401 g/mol. The summed E-state index contributed by atoms with van der Waals surface area (Å²) in [5, 5.41) is 3.37. The van der Waals surface area contributed by atoms with Crippen LogP contribution in [0.2, 0.25) is 0 Å². The summed E-state index contributed by atoms with van der Waals surface area (Å²) in [7, 11) is 0. The van der Waals surface area contributed by atoms with Crippen molar-refractivity contribution in [3.8, 4) is 0 Å². The first-order valence-electron chi connectivity index (χ1n) is 9.27. The molecular formula is C21H24N2O4S. The average Bonchev–Trinajstić information content (AvgIpc) is 3.00. The molecule has 2 amide bonds. The fourth-order valence-electron chi connectivity index (χ4n) is 3.24. The van der Waals surface area contributed by atoms with Crippen LogP contribution in [0.4, 0.5) is 5.00 Å². The Hall–Kier alpha value is -2.67. The predicted octanol–water partition coefficient (Wildman–Crippen LogP) is 3.70. The maximum Gasteiger partial charge on any atom is 0.341 e. The number of ether oxygens (including phenoxy) is 1. The van der Waals surface area contributed by atoms with Gasteiger partial charge in [0.15, 0.2) is 0 Å². The number of carbonyl (C=O) groups is 3. The van der Waals surface area contributed by atoms with E-state index in [-0.39, 0.29) is 18.4 Å². The maximum atomic E-state index is 12.8. The van der Waals surface area contributed by atoms with Crippen LogP contribution in [0.15, 0.2) is 18.2 Å². The van der Waals surface area contributed by atoms with E-state index < -0.39 is 5.97 Å². The number of hydrogen-bond donors (Lipinski definition) is 1. The number of fused-ring (bicyclic) bond motifs is 1. The van der Waals surface area contributed by atoms with Crippen LogP contribution in [0.5, 0.6) is 0 Å². The van der Waals surface area contributed by atoms with E-state index in [1.165, 1.54) is 18.3 Å². The van der Waals surface area contributed by atoms with Gasteiger partial charge in [-0.05, 0) is 56.0 Å². The molecule has 3 rings (SSSR count). The van der Waals surface area contributed by atoms with Crippen molar-refractivity contribution in [3.63, 3.8) is 0 Å². The molecule has 1 N–H and O–H groups in total. The molecule has 0 bridgehead atoms. The van der Waals surface area contributed by atoms with Gasteiger partial charge in [0, 0.05) is 23.9 Å². The van der Waals surface area contributed by atoms with Crippen molar-refractivity contribution in [1.29, 1.82) is 0 Å². The lowest BCUT2D eigenvalue weighted by Crippen LogP contribution is -2.34. The van der Waals surface area contributed by atoms with E-state index in [1.807, 2.05) is 26.0 Å². The van der Waals surface area contributed by atoms with Gasteiger partial charge < -0.3 is 15.0 Å². The molecule has 2 aromatic rings. The molecule has 1 aromatic carbocycles. The number of thiophene rings is 1. The highest BCUT2D eigenvalue weighted by Crippen LogP contribution is 2.38. The topological polar surface area (TPSA) is 75.7 Å². The van der Waals surface area contributed by atoms with Crippen LogP contribution < -0.4 is 5.32 Å². The van der Waals surface area contributed by atoms with Gasteiger partial charge in [0.1, 0.15) is 5.00 Å². The first-order valence-corrected chi connectivity index (χ1v) is 10.1. The first-order chi connectivity index (χ1) is 13.3. The molecule has 28 heavy (non-hydrogen) atoms. The SMILES string of the molecule is CCOC(=O)c1c(NC(=O)c2ccc(C)c(C)c2)sc2c1CCN(C(C)=O)C2. The Morgan fingerprint density at radius 1 is 1.21 bits per heavy atom. The number of carbonyl (C=O) groups excluding carboxylic acids is 3. The van der Waals surface area contributed by atoms with Crippen molar-refractivity contribution in [2.24, 2.45) is 0 Å². The lowest BCUT2D eigenvalue weighted by molar-refractivity contribution is -0.129. The summed E-state index contributed by atoms with van der Waals surface area (Å²) in [6.45, 7) is 8.49. The Balaban J connectivity index is 1.95. The lowest BCUT2D eigenvalue weighted by atomic mass is 10.0. The Labute approximate surface area is 168 Å². The van der Waals surface area contributed by atoms with Crippen molar-refractivity contribution < 1.29 is 19.1 Å². The van der Waals surface area contributed by atoms with Crippen LogP contribution >= 0.6 is 11.3 Å². The van der Waals surface area contributed by atoms with E-state index in [1.54, 1.807) is 17.9 Å².